The zero-order chi connectivity index (χ0) is 27.3. The molecule has 6 rings (SSSR count). The molecule has 3 heterocycles. The minimum absolute atomic E-state index is 0.0430. The molecule has 2 aromatic carbocycles. The number of hydrogen-bond donors (Lipinski definition) is 3. The third-order valence-corrected chi connectivity index (χ3v) is 8.11. The van der Waals surface area contributed by atoms with Gasteiger partial charge in [0.25, 0.3) is 5.56 Å². The van der Waals surface area contributed by atoms with E-state index in [0.717, 1.165) is 35.7 Å². The van der Waals surface area contributed by atoms with E-state index in [1.165, 1.54) is 6.07 Å². The molecule has 1 aliphatic rings. The molecule has 0 radical (unpaired) electrons. The van der Waals surface area contributed by atoms with Gasteiger partial charge in [0.05, 0.1) is 16.7 Å². The van der Waals surface area contributed by atoms with Crippen molar-refractivity contribution in [3.63, 3.8) is 0 Å². The number of carbonyl (C=O) groups excluding carboxylic acids is 1. The largest absolute Gasteiger partial charge is 0.384 e. The number of anilines is 1. The third kappa shape index (κ3) is 4.21. The van der Waals surface area contributed by atoms with Gasteiger partial charge in [-0.25, -0.2) is 9.37 Å². The zero-order valence-electron chi connectivity index (χ0n) is 21.7. The molecule has 0 bridgehead atoms. The molecule has 0 spiro atoms. The highest BCUT2D eigenvalue weighted by atomic mass is 19.1. The van der Waals surface area contributed by atoms with Crippen molar-refractivity contribution >= 4 is 33.4 Å². The van der Waals surface area contributed by atoms with Crippen molar-refractivity contribution in [2.24, 2.45) is 17.6 Å². The third-order valence-electron chi connectivity index (χ3n) is 8.11. The molecule has 2 unspecified atom stereocenters. The van der Waals surface area contributed by atoms with Crippen LogP contribution in [-0.2, 0) is 6.54 Å². The van der Waals surface area contributed by atoms with Gasteiger partial charge < -0.3 is 21.0 Å². The number of benzene rings is 2. The SMILES string of the molecule is Cc1cc2c(-c3ccc[nH]c3=O)c(C(=O)C3CCC3CCN)n(Cc3cc(N)nc4ccccc34)c2cc1F. The van der Waals surface area contributed by atoms with E-state index in [2.05, 4.69) is 9.97 Å². The summed E-state index contributed by atoms with van der Waals surface area (Å²) in [5.41, 5.74) is 15.6. The van der Waals surface area contributed by atoms with Crippen LogP contribution in [0.2, 0.25) is 0 Å². The van der Waals surface area contributed by atoms with Crippen LogP contribution in [0.1, 0.15) is 40.9 Å². The van der Waals surface area contributed by atoms with Crippen LogP contribution in [0, 0.1) is 24.6 Å². The van der Waals surface area contributed by atoms with Crippen LogP contribution < -0.4 is 17.0 Å². The molecule has 39 heavy (non-hydrogen) atoms. The van der Waals surface area contributed by atoms with Crippen molar-refractivity contribution in [3.8, 4) is 11.1 Å². The fourth-order valence-corrected chi connectivity index (χ4v) is 6.01. The first-order chi connectivity index (χ1) is 18.9. The lowest BCUT2D eigenvalue weighted by Crippen LogP contribution is -2.35. The number of nitrogens with two attached hydrogens (primary N) is 2. The Morgan fingerprint density at radius 3 is 2.69 bits per heavy atom. The summed E-state index contributed by atoms with van der Waals surface area (Å²) in [4.78, 5) is 34.7. The highest BCUT2D eigenvalue weighted by molar-refractivity contribution is 6.12. The molecule has 7 nitrogen and oxygen atoms in total. The number of rotatable bonds is 7. The first-order valence-electron chi connectivity index (χ1n) is 13.3. The second-order valence-electron chi connectivity index (χ2n) is 10.5. The van der Waals surface area contributed by atoms with Crippen LogP contribution in [0.15, 0.2) is 65.6 Å². The number of hydrogen-bond acceptors (Lipinski definition) is 5. The summed E-state index contributed by atoms with van der Waals surface area (Å²) in [6.45, 7) is 2.45. The Morgan fingerprint density at radius 1 is 1.13 bits per heavy atom. The number of aromatic nitrogens is 3. The fraction of sp³-hybridized carbons (Fsp3) is 0.258. The number of halogens is 1. The van der Waals surface area contributed by atoms with E-state index in [4.69, 9.17) is 11.5 Å². The Morgan fingerprint density at radius 2 is 1.95 bits per heavy atom. The van der Waals surface area contributed by atoms with E-state index in [-0.39, 0.29) is 35.5 Å². The lowest BCUT2D eigenvalue weighted by Gasteiger charge is -2.35. The molecule has 1 saturated carbocycles. The Labute approximate surface area is 224 Å². The van der Waals surface area contributed by atoms with Gasteiger partial charge in [0.1, 0.15) is 11.6 Å². The van der Waals surface area contributed by atoms with Gasteiger partial charge in [-0.1, -0.05) is 18.2 Å². The number of nitrogen functional groups attached to an aromatic ring is 1. The highest BCUT2D eigenvalue weighted by Gasteiger charge is 2.39. The maximum Gasteiger partial charge on any atom is 0.255 e. The fourth-order valence-electron chi connectivity index (χ4n) is 6.01. The molecule has 5 aromatic rings. The van der Waals surface area contributed by atoms with Gasteiger partial charge in [-0.15, -0.1) is 0 Å². The number of fused-ring (bicyclic) bond motifs is 2. The van der Waals surface area contributed by atoms with Gasteiger partial charge in [-0.3, -0.25) is 9.59 Å². The molecular formula is C31H30FN5O2. The van der Waals surface area contributed by atoms with E-state index in [0.29, 0.717) is 45.6 Å². The van der Waals surface area contributed by atoms with Crippen LogP contribution in [-0.4, -0.2) is 26.9 Å². The number of Topliss-reactive ketones (excluding diaryl/α,β-unsaturated/α-hetero) is 1. The summed E-state index contributed by atoms with van der Waals surface area (Å²) in [5.74, 6) is -0.0806. The lowest BCUT2D eigenvalue weighted by atomic mass is 9.69. The Bertz CT molecular complexity index is 1800. The average Bonchev–Trinajstić information content (AvgIpc) is 3.19. The van der Waals surface area contributed by atoms with Crippen LogP contribution in [0.5, 0.6) is 0 Å². The monoisotopic (exact) mass is 523 g/mol. The minimum atomic E-state index is -0.377. The number of nitrogens with zero attached hydrogens (tertiary/aromatic N) is 2. The molecule has 3 aromatic heterocycles. The maximum absolute atomic E-state index is 15.1. The summed E-state index contributed by atoms with van der Waals surface area (Å²) in [6, 6.07) is 16.1. The normalized spacial score (nSPS) is 17.0. The predicted octanol–water partition coefficient (Wildman–Crippen LogP) is 5.18. The van der Waals surface area contributed by atoms with E-state index >= 15 is 4.39 Å². The molecule has 2 atom stereocenters. The Balaban J connectivity index is 1.67. The molecule has 198 valence electrons. The van der Waals surface area contributed by atoms with E-state index in [1.807, 2.05) is 28.8 Å². The molecule has 5 N–H and O–H groups in total. The number of para-hydroxylation sites is 1. The topological polar surface area (TPSA) is 120 Å². The summed E-state index contributed by atoms with van der Waals surface area (Å²) in [7, 11) is 0. The highest BCUT2D eigenvalue weighted by Crippen LogP contribution is 2.43. The smallest absolute Gasteiger partial charge is 0.255 e. The summed E-state index contributed by atoms with van der Waals surface area (Å²) in [5, 5.41) is 1.55. The lowest BCUT2D eigenvalue weighted by molar-refractivity contribution is 0.0720. The van der Waals surface area contributed by atoms with Gasteiger partial charge in [-0.05, 0) is 86.2 Å². The van der Waals surface area contributed by atoms with Gasteiger partial charge >= 0.3 is 0 Å². The van der Waals surface area contributed by atoms with Crippen LogP contribution >= 0.6 is 0 Å². The molecule has 1 aliphatic carbocycles. The first-order valence-corrected chi connectivity index (χ1v) is 13.3. The molecule has 1 fully saturated rings. The Kier molecular flexibility index (Phi) is 6.27. The quantitative estimate of drug-likeness (QED) is 0.254. The van der Waals surface area contributed by atoms with Crippen LogP contribution in [0.4, 0.5) is 10.2 Å². The second-order valence-corrected chi connectivity index (χ2v) is 10.5. The minimum Gasteiger partial charge on any atom is -0.384 e. The number of carbonyl (C=O) groups is 1. The van der Waals surface area contributed by atoms with Gasteiger partial charge in [0.15, 0.2) is 5.78 Å². The number of aromatic amines is 1. The summed E-state index contributed by atoms with van der Waals surface area (Å²) >= 11 is 0. The van der Waals surface area contributed by atoms with Crippen molar-refractivity contribution in [2.45, 2.75) is 32.7 Å². The summed E-state index contributed by atoms with van der Waals surface area (Å²) < 4.78 is 17.0. The number of pyridine rings is 2. The molecule has 8 heteroatoms. The Hall–Kier alpha value is -4.30. The van der Waals surface area contributed by atoms with Crippen molar-refractivity contribution < 1.29 is 9.18 Å². The van der Waals surface area contributed by atoms with Crippen molar-refractivity contribution in [1.29, 1.82) is 0 Å². The van der Waals surface area contributed by atoms with Crippen molar-refractivity contribution in [1.82, 2.24) is 14.5 Å². The maximum atomic E-state index is 15.1. The number of nitrogens with one attached hydrogen (secondary N) is 1. The van der Waals surface area contributed by atoms with Gasteiger partial charge in [-0.2, -0.15) is 0 Å². The second kappa shape index (κ2) is 9.78. The summed E-state index contributed by atoms with van der Waals surface area (Å²) in [6.07, 6.45) is 4.02. The number of aryl methyl sites for hydroxylation is 1. The van der Waals surface area contributed by atoms with Crippen molar-refractivity contribution in [3.05, 3.63) is 93.8 Å². The zero-order valence-corrected chi connectivity index (χ0v) is 21.7. The van der Waals surface area contributed by atoms with Crippen molar-refractivity contribution in [2.75, 3.05) is 12.3 Å². The molecule has 0 aliphatic heterocycles. The average molecular weight is 524 g/mol. The first kappa shape index (κ1) is 25.0. The van der Waals surface area contributed by atoms with E-state index in [1.54, 1.807) is 37.4 Å². The van der Waals surface area contributed by atoms with Crippen LogP contribution in [0.3, 0.4) is 0 Å². The molecule has 0 amide bonds. The predicted molar refractivity (Wildman–Crippen MR) is 152 cm³/mol. The van der Waals surface area contributed by atoms with E-state index < -0.39 is 0 Å². The standard InChI is InChI=1S/C31H30FN5O2/c1-17-13-23-26(15-24(17)32)37(16-19-14-27(34)36-25-7-3-2-5-20(19)25)29(28(23)22-6-4-12-35-31(22)39)30(38)21-9-8-18(21)10-11-33/h2-7,12-15,18,21H,8-11,16,33H2,1H3,(H2,34,36)(H,35,39). The molecule has 0 saturated heterocycles. The number of H-pyrrole nitrogens is 1. The van der Waals surface area contributed by atoms with Gasteiger partial charge in [0.2, 0.25) is 0 Å². The van der Waals surface area contributed by atoms with E-state index in [9.17, 15) is 9.59 Å². The van der Waals surface area contributed by atoms with Crippen LogP contribution in [0.25, 0.3) is 32.9 Å². The number of ketones is 1. The molecular weight excluding hydrogens is 493 g/mol. The van der Waals surface area contributed by atoms with Gasteiger partial charge in [0, 0.05) is 40.6 Å².